The van der Waals surface area contributed by atoms with Crippen molar-refractivity contribution in [2.75, 3.05) is 7.05 Å². The molecule has 120 valence electrons. The van der Waals surface area contributed by atoms with Gasteiger partial charge >= 0.3 is 0 Å². The second-order valence-corrected chi connectivity index (χ2v) is 5.53. The van der Waals surface area contributed by atoms with Crippen LogP contribution in [0, 0.1) is 11.6 Å². The smallest absolute Gasteiger partial charge is 0.253 e. The van der Waals surface area contributed by atoms with Gasteiger partial charge < -0.3 is 10.6 Å². The van der Waals surface area contributed by atoms with E-state index in [0.717, 1.165) is 12.1 Å². The van der Waals surface area contributed by atoms with Gasteiger partial charge in [-0.15, -0.1) is 0 Å². The summed E-state index contributed by atoms with van der Waals surface area (Å²) in [5.74, 6) is -3.18. The highest BCUT2D eigenvalue weighted by molar-refractivity contribution is 9.10. The summed E-state index contributed by atoms with van der Waals surface area (Å²) < 4.78 is 27.0. The van der Waals surface area contributed by atoms with Crippen molar-refractivity contribution in [2.24, 2.45) is 0 Å². The maximum atomic E-state index is 13.4. The molecule has 0 aliphatic heterocycles. The van der Waals surface area contributed by atoms with Gasteiger partial charge in [0.25, 0.3) is 5.91 Å². The number of carbonyl (C=O) groups is 2. The maximum absolute atomic E-state index is 13.4. The number of hydrogen-bond acceptors (Lipinski definition) is 2. The molecule has 2 aromatic rings. The Balaban J connectivity index is 2.33. The first-order valence-corrected chi connectivity index (χ1v) is 7.45. The van der Waals surface area contributed by atoms with Crippen LogP contribution in [0.5, 0.6) is 0 Å². The van der Waals surface area contributed by atoms with Gasteiger partial charge in [0.2, 0.25) is 5.91 Å². The second kappa shape index (κ2) is 7.32. The molecule has 2 amide bonds. The van der Waals surface area contributed by atoms with E-state index in [-0.39, 0.29) is 5.56 Å². The monoisotopic (exact) mass is 382 g/mol. The Morgan fingerprint density at radius 1 is 1.09 bits per heavy atom. The lowest BCUT2D eigenvalue weighted by molar-refractivity contribution is -0.122. The zero-order chi connectivity index (χ0) is 17.0. The highest BCUT2D eigenvalue weighted by atomic mass is 79.9. The topological polar surface area (TPSA) is 58.2 Å². The van der Waals surface area contributed by atoms with E-state index in [1.54, 1.807) is 24.3 Å². The Hall–Kier alpha value is -2.28. The normalized spacial score (nSPS) is 11.7. The van der Waals surface area contributed by atoms with E-state index in [1.807, 2.05) is 0 Å². The number of hydrogen-bond donors (Lipinski definition) is 2. The first-order valence-electron chi connectivity index (χ1n) is 6.66. The number of halogens is 3. The van der Waals surface area contributed by atoms with Gasteiger partial charge in [0, 0.05) is 11.5 Å². The summed E-state index contributed by atoms with van der Waals surface area (Å²) in [6.45, 7) is 0. The predicted octanol–water partition coefficient (Wildman–Crippen LogP) is 2.94. The predicted molar refractivity (Wildman–Crippen MR) is 84.8 cm³/mol. The van der Waals surface area contributed by atoms with Crippen LogP contribution in [0.15, 0.2) is 46.9 Å². The van der Waals surface area contributed by atoms with Gasteiger partial charge in [0.1, 0.15) is 6.04 Å². The Morgan fingerprint density at radius 2 is 1.78 bits per heavy atom. The van der Waals surface area contributed by atoms with Crippen molar-refractivity contribution < 1.29 is 18.4 Å². The average Bonchev–Trinajstić information content (AvgIpc) is 2.54. The molecule has 4 nitrogen and oxygen atoms in total. The van der Waals surface area contributed by atoms with E-state index in [1.165, 1.54) is 13.1 Å². The fourth-order valence-electron chi connectivity index (χ4n) is 1.99. The lowest BCUT2D eigenvalue weighted by Gasteiger charge is -2.18. The molecule has 0 aliphatic rings. The summed E-state index contributed by atoms with van der Waals surface area (Å²) in [6, 6.07) is 8.57. The quantitative estimate of drug-likeness (QED) is 0.853. The summed E-state index contributed by atoms with van der Waals surface area (Å²) in [6.07, 6.45) is 0. The molecule has 0 spiro atoms. The van der Waals surface area contributed by atoms with Crippen molar-refractivity contribution in [1.82, 2.24) is 10.6 Å². The molecular weight excluding hydrogens is 370 g/mol. The minimum absolute atomic E-state index is 0.142. The van der Waals surface area contributed by atoms with Gasteiger partial charge in [-0.05, 0) is 45.8 Å². The fraction of sp³-hybridized carbons (Fsp3) is 0.125. The van der Waals surface area contributed by atoms with Gasteiger partial charge in [-0.25, -0.2) is 8.78 Å². The molecule has 2 aromatic carbocycles. The Bertz CT molecular complexity index is 753. The number of nitrogens with one attached hydrogen (secondary N) is 2. The first kappa shape index (κ1) is 17.1. The lowest BCUT2D eigenvalue weighted by Crippen LogP contribution is -2.39. The lowest BCUT2D eigenvalue weighted by atomic mass is 10.0. The van der Waals surface area contributed by atoms with Gasteiger partial charge in [0.05, 0.1) is 5.56 Å². The minimum atomic E-state index is -1.14. The zero-order valence-corrected chi connectivity index (χ0v) is 13.7. The van der Waals surface area contributed by atoms with Gasteiger partial charge in [-0.2, -0.15) is 0 Å². The molecular formula is C16H13BrF2N2O2. The third-order valence-corrected chi connectivity index (χ3v) is 3.87. The zero-order valence-electron chi connectivity index (χ0n) is 12.1. The van der Waals surface area contributed by atoms with E-state index >= 15 is 0 Å². The molecule has 0 fully saturated rings. The third kappa shape index (κ3) is 3.92. The molecule has 0 saturated heterocycles. The van der Waals surface area contributed by atoms with Crippen molar-refractivity contribution in [1.29, 1.82) is 0 Å². The highest BCUT2D eigenvalue weighted by Crippen LogP contribution is 2.20. The molecule has 2 rings (SSSR count). The Labute approximate surface area is 140 Å². The largest absolute Gasteiger partial charge is 0.357 e. The number of carbonyl (C=O) groups excluding carboxylic acids is 2. The first-order chi connectivity index (χ1) is 10.9. The van der Waals surface area contributed by atoms with Crippen molar-refractivity contribution >= 4 is 27.7 Å². The van der Waals surface area contributed by atoms with E-state index in [9.17, 15) is 18.4 Å². The van der Waals surface area contributed by atoms with Crippen LogP contribution < -0.4 is 10.6 Å². The van der Waals surface area contributed by atoms with Gasteiger partial charge in [-0.1, -0.05) is 18.2 Å². The molecule has 2 N–H and O–H groups in total. The van der Waals surface area contributed by atoms with Gasteiger partial charge in [0.15, 0.2) is 11.6 Å². The molecule has 1 atom stereocenters. The summed E-state index contributed by atoms with van der Waals surface area (Å²) in [5, 5.41) is 4.91. The Morgan fingerprint density at radius 3 is 2.39 bits per heavy atom. The van der Waals surface area contributed by atoms with Crippen LogP contribution in [0.1, 0.15) is 22.0 Å². The summed E-state index contributed by atoms with van der Waals surface area (Å²) in [7, 11) is 1.39. The molecule has 7 heteroatoms. The van der Waals surface area contributed by atoms with Crippen LogP contribution in [-0.4, -0.2) is 18.9 Å². The van der Waals surface area contributed by atoms with Crippen molar-refractivity contribution in [2.45, 2.75) is 6.04 Å². The van der Waals surface area contributed by atoms with Crippen LogP contribution in [0.4, 0.5) is 8.78 Å². The number of likely N-dealkylation sites (N-methyl/N-ethyl adjacent to an activating group) is 1. The number of amides is 2. The third-order valence-electron chi connectivity index (χ3n) is 3.18. The molecule has 0 aromatic heterocycles. The Kier molecular flexibility index (Phi) is 5.44. The van der Waals surface area contributed by atoms with Crippen LogP contribution in [0.3, 0.4) is 0 Å². The van der Waals surface area contributed by atoms with Gasteiger partial charge in [-0.3, -0.25) is 9.59 Å². The molecule has 0 bridgehead atoms. The van der Waals surface area contributed by atoms with Crippen molar-refractivity contribution in [3.63, 3.8) is 0 Å². The SMILES string of the molecule is CNC(=O)C(NC(=O)c1ccccc1Br)c1ccc(F)c(F)c1. The maximum Gasteiger partial charge on any atom is 0.253 e. The summed E-state index contributed by atoms with van der Waals surface area (Å²) in [4.78, 5) is 24.3. The van der Waals surface area contributed by atoms with Crippen LogP contribution in [-0.2, 0) is 4.79 Å². The average molecular weight is 383 g/mol. The van der Waals surface area contributed by atoms with Crippen LogP contribution in [0.25, 0.3) is 0 Å². The fourth-order valence-corrected chi connectivity index (χ4v) is 2.46. The standard InChI is InChI=1S/C16H13BrF2N2O2/c1-20-16(23)14(9-6-7-12(18)13(19)8-9)21-15(22)10-4-2-3-5-11(10)17/h2-8,14H,1H3,(H,20,23)(H,21,22). The molecule has 1 unspecified atom stereocenters. The molecule has 0 heterocycles. The number of rotatable bonds is 4. The second-order valence-electron chi connectivity index (χ2n) is 4.67. The van der Waals surface area contributed by atoms with Crippen molar-refractivity contribution in [3.8, 4) is 0 Å². The van der Waals surface area contributed by atoms with E-state index in [4.69, 9.17) is 0 Å². The van der Waals surface area contributed by atoms with Crippen LogP contribution in [0.2, 0.25) is 0 Å². The van der Waals surface area contributed by atoms with E-state index in [0.29, 0.717) is 10.0 Å². The van der Waals surface area contributed by atoms with E-state index < -0.39 is 29.5 Å². The minimum Gasteiger partial charge on any atom is -0.357 e. The van der Waals surface area contributed by atoms with Crippen molar-refractivity contribution in [3.05, 3.63) is 69.7 Å². The molecule has 0 aliphatic carbocycles. The van der Waals surface area contributed by atoms with E-state index in [2.05, 4.69) is 26.6 Å². The summed E-state index contributed by atoms with van der Waals surface area (Å²) >= 11 is 3.25. The highest BCUT2D eigenvalue weighted by Gasteiger charge is 2.24. The molecule has 23 heavy (non-hydrogen) atoms. The summed E-state index contributed by atoms with van der Waals surface area (Å²) in [5.41, 5.74) is 0.465. The van der Waals surface area contributed by atoms with Crippen LogP contribution >= 0.6 is 15.9 Å². The number of benzene rings is 2. The molecule has 0 radical (unpaired) electrons. The molecule has 0 saturated carbocycles.